The van der Waals surface area contributed by atoms with E-state index in [1.807, 2.05) is 30.3 Å². The number of aromatic nitrogens is 1. The van der Waals surface area contributed by atoms with Crippen LogP contribution in [0.5, 0.6) is 0 Å². The van der Waals surface area contributed by atoms with Gasteiger partial charge in [0.15, 0.2) is 5.78 Å². The SMILES string of the molecule is CC1(C)CC(=O)c2cc(-c3ccccc3)n(Cc3ccc(Cl)cc3)c2C1. The van der Waals surface area contributed by atoms with Gasteiger partial charge in [-0.3, -0.25) is 4.79 Å². The summed E-state index contributed by atoms with van der Waals surface area (Å²) in [7, 11) is 0. The molecule has 0 unspecified atom stereocenters. The van der Waals surface area contributed by atoms with Gasteiger partial charge >= 0.3 is 0 Å². The summed E-state index contributed by atoms with van der Waals surface area (Å²) in [5.74, 6) is 0.253. The molecule has 3 heteroatoms. The summed E-state index contributed by atoms with van der Waals surface area (Å²) in [5.41, 5.74) is 5.46. The number of Topliss-reactive ketones (excluding diaryl/α,β-unsaturated/α-hetero) is 1. The minimum absolute atomic E-state index is 0.00581. The van der Waals surface area contributed by atoms with Gasteiger partial charge in [0, 0.05) is 34.9 Å². The Balaban J connectivity index is 1.86. The third kappa shape index (κ3) is 3.22. The van der Waals surface area contributed by atoms with Crippen molar-refractivity contribution in [3.8, 4) is 11.3 Å². The first kappa shape index (κ1) is 17.1. The van der Waals surface area contributed by atoms with Crippen LogP contribution in [0.3, 0.4) is 0 Å². The zero-order chi connectivity index (χ0) is 18.3. The molecule has 0 bridgehead atoms. The predicted octanol–water partition coefficient (Wildman–Crippen LogP) is 6.01. The van der Waals surface area contributed by atoms with Gasteiger partial charge in [0.25, 0.3) is 0 Å². The monoisotopic (exact) mass is 363 g/mol. The lowest BCUT2D eigenvalue weighted by molar-refractivity contribution is 0.0910. The van der Waals surface area contributed by atoms with Crippen molar-refractivity contribution in [2.75, 3.05) is 0 Å². The fourth-order valence-electron chi connectivity index (χ4n) is 3.87. The molecule has 0 spiro atoms. The third-order valence-electron chi connectivity index (χ3n) is 5.12. The van der Waals surface area contributed by atoms with Crippen LogP contribution in [0.15, 0.2) is 60.7 Å². The molecule has 0 radical (unpaired) electrons. The number of rotatable bonds is 3. The lowest BCUT2D eigenvalue weighted by Crippen LogP contribution is -2.28. The van der Waals surface area contributed by atoms with Crippen LogP contribution in [0.1, 0.15) is 41.9 Å². The first-order valence-electron chi connectivity index (χ1n) is 8.98. The molecule has 1 aliphatic carbocycles. The number of benzene rings is 2. The van der Waals surface area contributed by atoms with Gasteiger partial charge in [0.05, 0.1) is 0 Å². The first-order chi connectivity index (χ1) is 12.4. The zero-order valence-corrected chi connectivity index (χ0v) is 15.9. The normalized spacial score (nSPS) is 15.7. The highest BCUT2D eigenvalue weighted by Gasteiger charge is 2.34. The Morgan fingerprint density at radius 3 is 2.38 bits per heavy atom. The van der Waals surface area contributed by atoms with E-state index in [1.165, 1.54) is 5.56 Å². The number of carbonyl (C=O) groups excluding carboxylic acids is 1. The number of nitrogens with zero attached hydrogens (tertiary/aromatic N) is 1. The van der Waals surface area contributed by atoms with Crippen LogP contribution in [0.25, 0.3) is 11.3 Å². The molecule has 0 N–H and O–H groups in total. The van der Waals surface area contributed by atoms with E-state index < -0.39 is 0 Å². The van der Waals surface area contributed by atoms with Gasteiger partial charge in [-0.15, -0.1) is 0 Å². The average molecular weight is 364 g/mol. The summed E-state index contributed by atoms with van der Waals surface area (Å²) >= 11 is 6.04. The molecule has 1 heterocycles. The second-order valence-electron chi connectivity index (χ2n) is 7.91. The van der Waals surface area contributed by atoms with Crippen LogP contribution in [-0.4, -0.2) is 10.4 Å². The number of ketones is 1. The highest BCUT2D eigenvalue weighted by Crippen LogP contribution is 2.39. The molecule has 2 nitrogen and oxygen atoms in total. The van der Waals surface area contributed by atoms with Gasteiger partial charge in [-0.05, 0) is 41.2 Å². The Labute approximate surface area is 159 Å². The summed E-state index contributed by atoms with van der Waals surface area (Å²) in [6, 6.07) is 20.3. The number of carbonyl (C=O) groups is 1. The molecular weight excluding hydrogens is 342 g/mol. The second kappa shape index (κ2) is 6.44. The standard InChI is InChI=1S/C23H22ClNO/c1-23(2)13-21-19(22(26)14-23)12-20(17-6-4-3-5-7-17)25(21)15-16-8-10-18(24)11-9-16/h3-12H,13-15H2,1-2H3. The molecule has 0 aliphatic heterocycles. The first-order valence-corrected chi connectivity index (χ1v) is 9.36. The quantitative estimate of drug-likeness (QED) is 0.558. The van der Waals surface area contributed by atoms with Crippen LogP contribution in [0, 0.1) is 5.41 Å². The van der Waals surface area contributed by atoms with Crippen molar-refractivity contribution in [3.63, 3.8) is 0 Å². The fourth-order valence-corrected chi connectivity index (χ4v) is 3.99. The number of hydrogen-bond acceptors (Lipinski definition) is 1. The molecule has 2 aromatic carbocycles. The summed E-state index contributed by atoms with van der Waals surface area (Å²) in [5, 5.41) is 0.739. The highest BCUT2D eigenvalue weighted by molar-refractivity contribution is 6.30. The van der Waals surface area contributed by atoms with E-state index in [0.29, 0.717) is 6.42 Å². The van der Waals surface area contributed by atoms with Gasteiger partial charge in [-0.1, -0.05) is 67.9 Å². The maximum absolute atomic E-state index is 12.8. The Bertz CT molecular complexity index is 952. The van der Waals surface area contributed by atoms with Crippen molar-refractivity contribution in [2.45, 2.75) is 33.2 Å². The topological polar surface area (TPSA) is 22.0 Å². The molecule has 1 aliphatic rings. The number of halogens is 1. The number of fused-ring (bicyclic) bond motifs is 1. The third-order valence-corrected chi connectivity index (χ3v) is 5.37. The second-order valence-corrected chi connectivity index (χ2v) is 8.35. The van der Waals surface area contributed by atoms with E-state index >= 15 is 0 Å². The largest absolute Gasteiger partial charge is 0.339 e. The molecule has 0 fully saturated rings. The Morgan fingerprint density at radius 2 is 1.69 bits per heavy atom. The molecule has 0 amide bonds. The molecule has 0 saturated heterocycles. The predicted molar refractivity (Wildman–Crippen MR) is 107 cm³/mol. The highest BCUT2D eigenvalue weighted by atomic mass is 35.5. The van der Waals surface area contributed by atoms with Crippen molar-refractivity contribution in [2.24, 2.45) is 5.41 Å². The molecule has 3 aromatic rings. The summed E-state index contributed by atoms with van der Waals surface area (Å²) in [6.07, 6.45) is 1.52. The van der Waals surface area contributed by atoms with E-state index in [1.54, 1.807) is 0 Å². The van der Waals surface area contributed by atoms with Crippen LogP contribution >= 0.6 is 11.6 Å². The van der Waals surface area contributed by atoms with Crippen molar-refractivity contribution in [1.29, 1.82) is 0 Å². The van der Waals surface area contributed by atoms with Crippen LogP contribution in [-0.2, 0) is 13.0 Å². The summed E-state index contributed by atoms with van der Waals surface area (Å²) in [4.78, 5) is 12.8. The van der Waals surface area contributed by atoms with Crippen molar-refractivity contribution in [1.82, 2.24) is 4.57 Å². The van der Waals surface area contributed by atoms with Gasteiger partial charge in [0.2, 0.25) is 0 Å². The Kier molecular flexibility index (Phi) is 4.24. The Morgan fingerprint density at radius 1 is 1.00 bits per heavy atom. The maximum atomic E-state index is 12.8. The van der Waals surface area contributed by atoms with E-state index in [2.05, 4.69) is 48.7 Å². The van der Waals surface area contributed by atoms with E-state index in [9.17, 15) is 4.79 Å². The molecule has 4 rings (SSSR count). The van der Waals surface area contributed by atoms with Gasteiger partial charge in [0.1, 0.15) is 0 Å². The van der Waals surface area contributed by atoms with E-state index in [-0.39, 0.29) is 11.2 Å². The Hall–Kier alpha value is -2.32. The molecular formula is C23H22ClNO. The molecule has 26 heavy (non-hydrogen) atoms. The van der Waals surface area contributed by atoms with Gasteiger partial charge in [-0.25, -0.2) is 0 Å². The van der Waals surface area contributed by atoms with Crippen LogP contribution in [0.2, 0.25) is 5.02 Å². The minimum atomic E-state index is -0.00581. The summed E-state index contributed by atoms with van der Waals surface area (Å²) < 4.78 is 2.31. The van der Waals surface area contributed by atoms with E-state index in [4.69, 9.17) is 11.6 Å². The maximum Gasteiger partial charge on any atom is 0.165 e. The molecule has 132 valence electrons. The molecule has 1 aromatic heterocycles. The van der Waals surface area contributed by atoms with E-state index in [0.717, 1.165) is 40.5 Å². The van der Waals surface area contributed by atoms with Gasteiger partial charge < -0.3 is 4.57 Å². The lowest BCUT2D eigenvalue weighted by Gasteiger charge is -2.30. The average Bonchev–Trinajstić information content (AvgIpc) is 2.95. The van der Waals surface area contributed by atoms with Crippen LogP contribution in [0.4, 0.5) is 0 Å². The smallest absolute Gasteiger partial charge is 0.165 e. The summed E-state index contributed by atoms with van der Waals surface area (Å²) in [6.45, 7) is 5.09. The van der Waals surface area contributed by atoms with Gasteiger partial charge in [-0.2, -0.15) is 0 Å². The fraction of sp³-hybridized carbons (Fsp3) is 0.261. The van der Waals surface area contributed by atoms with Crippen molar-refractivity contribution in [3.05, 3.63) is 82.5 Å². The molecule has 0 saturated carbocycles. The van der Waals surface area contributed by atoms with Crippen molar-refractivity contribution < 1.29 is 4.79 Å². The number of hydrogen-bond donors (Lipinski definition) is 0. The van der Waals surface area contributed by atoms with Crippen LogP contribution < -0.4 is 0 Å². The molecule has 0 atom stereocenters. The lowest BCUT2D eigenvalue weighted by atomic mass is 9.76. The van der Waals surface area contributed by atoms with Crippen molar-refractivity contribution >= 4 is 17.4 Å². The zero-order valence-electron chi connectivity index (χ0n) is 15.1. The minimum Gasteiger partial charge on any atom is -0.339 e.